The first-order valence-corrected chi connectivity index (χ1v) is 10.2. The van der Waals surface area contributed by atoms with E-state index in [9.17, 15) is 8.42 Å². The molecule has 0 unspecified atom stereocenters. The second-order valence-electron chi connectivity index (χ2n) is 6.99. The van der Waals surface area contributed by atoms with Gasteiger partial charge in [-0.05, 0) is 38.8 Å². The van der Waals surface area contributed by atoms with Crippen molar-refractivity contribution in [1.29, 1.82) is 0 Å². The summed E-state index contributed by atoms with van der Waals surface area (Å²) in [5.74, 6) is 0.733. The molecular formula is C17H24N4O3S. The molecule has 1 aromatic carbocycles. The minimum Gasteiger partial charge on any atom is -0.373 e. The van der Waals surface area contributed by atoms with Crippen molar-refractivity contribution in [1.82, 2.24) is 18.6 Å². The van der Waals surface area contributed by atoms with Gasteiger partial charge in [0.15, 0.2) is 0 Å². The average Bonchev–Trinajstić information content (AvgIpc) is 3.20. The number of fused-ring (bicyclic) bond motifs is 1. The van der Waals surface area contributed by atoms with Gasteiger partial charge in [0.05, 0.1) is 29.3 Å². The monoisotopic (exact) mass is 364 g/mol. The second-order valence-corrected chi connectivity index (χ2v) is 8.87. The van der Waals surface area contributed by atoms with Gasteiger partial charge in [0, 0.05) is 19.6 Å². The number of imidazole rings is 1. The number of aromatic nitrogens is 2. The summed E-state index contributed by atoms with van der Waals surface area (Å²) in [5, 5.41) is 0. The molecule has 2 saturated heterocycles. The van der Waals surface area contributed by atoms with Crippen LogP contribution in [0.25, 0.3) is 11.0 Å². The zero-order valence-corrected chi connectivity index (χ0v) is 15.4. The molecule has 3 atom stereocenters. The van der Waals surface area contributed by atoms with E-state index in [1.807, 2.05) is 38.1 Å². The largest absolute Gasteiger partial charge is 0.373 e. The van der Waals surface area contributed by atoms with E-state index in [2.05, 4.69) is 9.97 Å². The summed E-state index contributed by atoms with van der Waals surface area (Å²) >= 11 is 0. The molecule has 136 valence electrons. The zero-order valence-electron chi connectivity index (χ0n) is 14.6. The van der Waals surface area contributed by atoms with E-state index in [0.29, 0.717) is 19.6 Å². The van der Waals surface area contributed by atoms with Crippen LogP contribution in [0.1, 0.15) is 38.6 Å². The fraction of sp³-hybridized carbons (Fsp3) is 0.588. The van der Waals surface area contributed by atoms with Gasteiger partial charge >= 0.3 is 0 Å². The predicted octanol–water partition coefficient (Wildman–Crippen LogP) is 2.05. The molecule has 4 rings (SSSR count). The fourth-order valence-corrected chi connectivity index (χ4v) is 5.87. The van der Waals surface area contributed by atoms with Crippen LogP contribution in [0.4, 0.5) is 0 Å². The summed E-state index contributed by atoms with van der Waals surface area (Å²) in [6.07, 6.45) is 1.45. The third-order valence-corrected chi connectivity index (χ3v) is 6.92. The number of hydrogen-bond donors (Lipinski definition) is 1. The molecule has 2 fully saturated rings. The third kappa shape index (κ3) is 3.08. The highest BCUT2D eigenvalue weighted by Crippen LogP contribution is 2.35. The molecule has 0 saturated carbocycles. The van der Waals surface area contributed by atoms with Crippen molar-refractivity contribution in [2.75, 3.05) is 19.6 Å². The lowest BCUT2D eigenvalue weighted by atomic mass is 10.2. The number of H-pyrrole nitrogens is 1. The average molecular weight is 364 g/mol. The molecule has 1 N–H and O–H groups in total. The second kappa shape index (κ2) is 6.35. The molecule has 7 nitrogen and oxygen atoms in total. The van der Waals surface area contributed by atoms with Crippen LogP contribution in [0.3, 0.4) is 0 Å². The Kier molecular flexibility index (Phi) is 4.31. The Labute approximate surface area is 148 Å². The third-order valence-electron chi connectivity index (χ3n) is 4.94. The standard InChI is InChI=1S/C17H24N4O3S/c1-12-10-20(11-13(2)24-12)25(22,23)21-9-5-8-16(21)17-18-14-6-3-4-7-15(14)19-17/h3-4,6-7,12-13,16H,5,8-11H2,1-2H3,(H,18,19)/t12-,13+,16-/m1/s1. The molecule has 3 heterocycles. The molecule has 0 aliphatic carbocycles. The van der Waals surface area contributed by atoms with Crippen molar-refractivity contribution >= 4 is 21.2 Å². The number of ether oxygens (including phenoxy) is 1. The highest BCUT2D eigenvalue weighted by Gasteiger charge is 2.42. The highest BCUT2D eigenvalue weighted by atomic mass is 32.2. The topological polar surface area (TPSA) is 78.5 Å². The number of para-hydroxylation sites is 2. The SMILES string of the molecule is C[C@@H]1CN(S(=O)(=O)N2CCC[C@@H]2c2nc3ccccc3[nH]2)C[C@H](C)O1. The molecule has 2 aromatic rings. The lowest BCUT2D eigenvalue weighted by Crippen LogP contribution is -2.52. The molecule has 2 aliphatic heterocycles. The van der Waals surface area contributed by atoms with Crippen molar-refractivity contribution in [2.24, 2.45) is 0 Å². The van der Waals surface area contributed by atoms with Gasteiger partial charge < -0.3 is 9.72 Å². The summed E-state index contributed by atoms with van der Waals surface area (Å²) in [7, 11) is -3.54. The maximum Gasteiger partial charge on any atom is 0.282 e. The van der Waals surface area contributed by atoms with Gasteiger partial charge in [-0.3, -0.25) is 0 Å². The smallest absolute Gasteiger partial charge is 0.282 e. The maximum absolute atomic E-state index is 13.2. The van der Waals surface area contributed by atoms with Gasteiger partial charge in [-0.1, -0.05) is 12.1 Å². The Morgan fingerprint density at radius 3 is 2.64 bits per heavy atom. The molecule has 8 heteroatoms. The molecule has 0 amide bonds. The Morgan fingerprint density at radius 2 is 1.92 bits per heavy atom. The molecule has 0 spiro atoms. The summed E-state index contributed by atoms with van der Waals surface area (Å²) in [6, 6.07) is 7.56. The van der Waals surface area contributed by atoms with Gasteiger partial charge in [0.1, 0.15) is 5.82 Å². The molecule has 25 heavy (non-hydrogen) atoms. The van der Waals surface area contributed by atoms with Crippen molar-refractivity contribution in [2.45, 2.75) is 44.9 Å². The predicted molar refractivity (Wildman–Crippen MR) is 95.3 cm³/mol. The Hall–Kier alpha value is -1.48. The lowest BCUT2D eigenvalue weighted by Gasteiger charge is -2.37. The minimum atomic E-state index is -3.54. The zero-order chi connectivity index (χ0) is 17.6. The van der Waals surface area contributed by atoms with Gasteiger partial charge in [-0.25, -0.2) is 4.98 Å². The number of morpholine rings is 1. The number of hydrogen-bond acceptors (Lipinski definition) is 4. The van der Waals surface area contributed by atoms with Crippen LogP contribution in [0.15, 0.2) is 24.3 Å². The van der Waals surface area contributed by atoms with Crippen molar-refractivity contribution in [3.8, 4) is 0 Å². The minimum absolute atomic E-state index is 0.0919. The number of nitrogens with one attached hydrogen (secondary N) is 1. The highest BCUT2D eigenvalue weighted by molar-refractivity contribution is 7.86. The first kappa shape index (κ1) is 17.0. The van der Waals surface area contributed by atoms with E-state index >= 15 is 0 Å². The van der Waals surface area contributed by atoms with Crippen molar-refractivity contribution < 1.29 is 13.2 Å². The number of benzene rings is 1. The molecule has 0 bridgehead atoms. The summed E-state index contributed by atoms with van der Waals surface area (Å²) < 4.78 is 35.3. The van der Waals surface area contributed by atoms with E-state index in [-0.39, 0.29) is 18.2 Å². The van der Waals surface area contributed by atoms with Crippen LogP contribution in [0.2, 0.25) is 0 Å². The van der Waals surface area contributed by atoms with E-state index < -0.39 is 10.2 Å². The summed E-state index contributed by atoms with van der Waals surface area (Å²) in [5.41, 5.74) is 1.81. The van der Waals surface area contributed by atoms with Gasteiger partial charge in [-0.15, -0.1) is 0 Å². The molecule has 2 aliphatic rings. The van der Waals surface area contributed by atoms with E-state index in [1.54, 1.807) is 8.61 Å². The Balaban J connectivity index is 1.64. The van der Waals surface area contributed by atoms with Crippen LogP contribution >= 0.6 is 0 Å². The Morgan fingerprint density at radius 1 is 1.20 bits per heavy atom. The lowest BCUT2D eigenvalue weighted by molar-refractivity contribution is -0.0455. The van der Waals surface area contributed by atoms with Crippen molar-refractivity contribution in [3.05, 3.63) is 30.1 Å². The van der Waals surface area contributed by atoms with Gasteiger partial charge in [0.2, 0.25) is 0 Å². The fourth-order valence-electron chi connectivity index (χ4n) is 3.89. The van der Waals surface area contributed by atoms with Crippen LogP contribution in [0.5, 0.6) is 0 Å². The van der Waals surface area contributed by atoms with Gasteiger partial charge in [0.25, 0.3) is 10.2 Å². The van der Waals surface area contributed by atoms with E-state index in [0.717, 1.165) is 29.7 Å². The Bertz CT molecular complexity index is 823. The van der Waals surface area contributed by atoms with Crippen LogP contribution in [-0.4, -0.2) is 58.8 Å². The first-order chi connectivity index (χ1) is 11.9. The first-order valence-electron chi connectivity index (χ1n) is 8.82. The summed E-state index contributed by atoms with van der Waals surface area (Å²) in [4.78, 5) is 7.93. The number of rotatable bonds is 3. The van der Waals surface area contributed by atoms with Gasteiger partial charge in [-0.2, -0.15) is 17.0 Å². The van der Waals surface area contributed by atoms with Crippen LogP contribution in [-0.2, 0) is 14.9 Å². The molecule has 1 aromatic heterocycles. The number of aromatic amines is 1. The normalized spacial score (nSPS) is 29.4. The van der Waals surface area contributed by atoms with E-state index in [4.69, 9.17) is 4.74 Å². The maximum atomic E-state index is 13.2. The van der Waals surface area contributed by atoms with Crippen LogP contribution in [0, 0.1) is 0 Å². The molecule has 0 radical (unpaired) electrons. The van der Waals surface area contributed by atoms with Crippen LogP contribution < -0.4 is 0 Å². The summed E-state index contributed by atoms with van der Waals surface area (Å²) in [6.45, 7) is 5.16. The number of nitrogens with zero attached hydrogens (tertiary/aromatic N) is 3. The van der Waals surface area contributed by atoms with E-state index in [1.165, 1.54) is 0 Å². The van der Waals surface area contributed by atoms with Crippen molar-refractivity contribution in [3.63, 3.8) is 0 Å². The molecular weight excluding hydrogens is 340 g/mol. The quantitative estimate of drug-likeness (QED) is 0.904.